The van der Waals surface area contributed by atoms with Crippen molar-refractivity contribution in [1.29, 1.82) is 0 Å². The van der Waals surface area contributed by atoms with Crippen molar-refractivity contribution in [1.82, 2.24) is 5.32 Å². The Labute approximate surface area is 186 Å². The van der Waals surface area contributed by atoms with Crippen LogP contribution in [-0.4, -0.2) is 48.2 Å². The molecule has 31 heavy (non-hydrogen) atoms. The van der Waals surface area contributed by atoms with E-state index in [9.17, 15) is 14.7 Å². The normalized spacial score (nSPS) is 45.2. The van der Waals surface area contributed by atoms with Gasteiger partial charge in [0.1, 0.15) is 18.0 Å². The van der Waals surface area contributed by atoms with Crippen molar-refractivity contribution in [3.63, 3.8) is 0 Å². The Morgan fingerprint density at radius 1 is 1.06 bits per heavy atom. The van der Waals surface area contributed by atoms with E-state index in [0.29, 0.717) is 25.2 Å². The van der Waals surface area contributed by atoms with Gasteiger partial charge in [0.25, 0.3) is 0 Å². The zero-order valence-corrected chi connectivity index (χ0v) is 19.9. The van der Waals surface area contributed by atoms with E-state index in [1.165, 1.54) is 0 Å². The molecule has 174 valence electrons. The Morgan fingerprint density at radius 3 is 2.52 bits per heavy atom. The first-order valence-electron chi connectivity index (χ1n) is 12.2. The maximum Gasteiger partial charge on any atom is 0.166 e. The number of carbonyl (C=O) groups excluding carboxylic acids is 2. The Morgan fingerprint density at radius 2 is 1.81 bits per heavy atom. The second-order valence-electron chi connectivity index (χ2n) is 11.5. The van der Waals surface area contributed by atoms with Crippen molar-refractivity contribution in [2.45, 2.75) is 84.7 Å². The van der Waals surface area contributed by atoms with E-state index in [0.717, 1.165) is 50.8 Å². The molecule has 4 rings (SSSR count). The first kappa shape index (κ1) is 22.9. The minimum absolute atomic E-state index is 0.0626. The number of ketones is 2. The van der Waals surface area contributed by atoms with Gasteiger partial charge in [-0.1, -0.05) is 32.9 Å². The highest BCUT2D eigenvalue weighted by molar-refractivity contribution is 6.02. The van der Waals surface area contributed by atoms with E-state index < -0.39 is 16.4 Å². The number of nitrogens with zero attached hydrogens (tertiary/aromatic N) is 1. The Hall–Kier alpha value is -1.27. The highest BCUT2D eigenvalue weighted by atomic mass is 16.6. The summed E-state index contributed by atoms with van der Waals surface area (Å²) < 4.78 is 0. The van der Waals surface area contributed by atoms with E-state index in [1.54, 1.807) is 0 Å². The van der Waals surface area contributed by atoms with Gasteiger partial charge in [0.2, 0.25) is 0 Å². The number of fused-ring (bicyclic) bond motifs is 5. The summed E-state index contributed by atoms with van der Waals surface area (Å²) in [4.78, 5) is 32.0. The van der Waals surface area contributed by atoms with E-state index in [2.05, 4.69) is 24.3 Å². The molecule has 0 aromatic rings. The first-order chi connectivity index (χ1) is 14.5. The third kappa shape index (κ3) is 3.00. The molecule has 0 spiro atoms. The van der Waals surface area contributed by atoms with Crippen LogP contribution in [0.1, 0.15) is 79.1 Å². The molecule has 0 unspecified atom stereocenters. The van der Waals surface area contributed by atoms with Crippen LogP contribution in [0.2, 0.25) is 0 Å². The lowest BCUT2D eigenvalue weighted by atomic mass is 9.39. The van der Waals surface area contributed by atoms with Gasteiger partial charge in [0, 0.05) is 29.1 Å². The Kier molecular flexibility index (Phi) is 5.65. The number of rotatable bonds is 5. The second-order valence-corrected chi connectivity index (χ2v) is 11.5. The summed E-state index contributed by atoms with van der Waals surface area (Å²) >= 11 is 0. The van der Waals surface area contributed by atoms with E-state index >= 15 is 0 Å². The van der Waals surface area contributed by atoms with E-state index in [4.69, 9.17) is 4.84 Å². The monoisotopic (exact) mass is 432 g/mol. The zero-order chi connectivity index (χ0) is 22.7. The average molecular weight is 433 g/mol. The summed E-state index contributed by atoms with van der Waals surface area (Å²) in [5, 5.41) is 19.7. The summed E-state index contributed by atoms with van der Waals surface area (Å²) in [7, 11) is 1.91. The number of carbonyl (C=O) groups is 2. The topological polar surface area (TPSA) is 88.0 Å². The molecule has 0 radical (unpaired) electrons. The fourth-order valence-corrected chi connectivity index (χ4v) is 8.01. The van der Waals surface area contributed by atoms with Crippen molar-refractivity contribution >= 4 is 17.3 Å². The molecule has 0 amide bonds. The average Bonchev–Trinajstić information content (AvgIpc) is 3.02. The predicted molar refractivity (Wildman–Crippen MR) is 120 cm³/mol. The highest BCUT2D eigenvalue weighted by Gasteiger charge is 2.72. The van der Waals surface area contributed by atoms with Crippen LogP contribution < -0.4 is 5.32 Å². The fraction of sp³-hybridized carbons (Fsp3) is 0.880. The lowest BCUT2D eigenvalue weighted by molar-refractivity contribution is -0.217. The van der Waals surface area contributed by atoms with Crippen LogP contribution in [0.5, 0.6) is 0 Å². The van der Waals surface area contributed by atoms with Crippen LogP contribution in [0.4, 0.5) is 0 Å². The number of aliphatic hydroxyl groups is 1. The quantitative estimate of drug-likeness (QED) is 0.513. The Bertz CT molecular complexity index is 792. The largest absolute Gasteiger partial charge is 0.396 e. The smallest absolute Gasteiger partial charge is 0.166 e. The second kappa shape index (κ2) is 7.65. The van der Waals surface area contributed by atoms with Crippen molar-refractivity contribution in [3.8, 4) is 0 Å². The summed E-state index contributed by atoms with van der Waals surface area (Å²) in [6, 6.07) is 0. The van der Waals surface area contributed by atoms with Crippen LogP contribution in [-0.2, 0) is 14.4 Å². The summed E-state index contributed by atoms with van der Waals surface area (Å²) in [6.45, 7) is 9.56. The number of Topliss-reactive ketones (excluding diaryl/α,β-unsaturated/α-hetero) is 2. The minimum Gasteiger partial charge on any atom is -0.396 e. The minimum atomic E-state index is -1.46. The van der Waals surface area contributed by atoms with Gasteiger partial charge in [-0.05, 0) is 69.9 Å². The van der Waals surface area contributed by atoms with Crippen LogP contribution in [0.3, 0.4) is 0 Å². The van der Waals surface area contributed by atoms with Crippen LogP contribution in [0.15, 0.2) is 5.16 Å². The molecule has 4 saturated carbocycles. The third-order valence-corrected chi connectivity index (χ3v) is 9.96. The number of nitrogens with one attached hydrogen (secondary N) is 1. The maximum absolute atomic E-state index is 13.7. The van der Waals surface area contributed by atoms with Gasteiger partial charge in [0.15, 0.2) is 5.78 Å². The van der Waals surface area contributed by atoms with Gasteiger partial charge in [-0.2, -0.15) is 0 Å². The molecule has 0 heterocycles. The number of hydrogen-bond acceptors (Lipinski definition) is 6. The van der Waals surface area contributed by atoms with Gasteiger partial charge >= 0.3 is 0 Å². The number of hydrogen-bond donors (Lipinski definition) is 2. The van der Waals surface area contributed by atoms with Gasteiger partial charge in [-0.15, -0.1) is 0 Å². The molecule has 4 aliphatic rings. The molecule has 6 atom stereocenters. The molecular formula is C25H40N2O4. The van der Waals surface area contributed by atoms with Crippen molar-refractivity contribution in [2.24, 2.45) is 39.2 Å². The van der Waals surface area contributed by atoms with Crippen LogP contribution in [0.25, 0.3) is 0 Å². The van der Waals surface area contributed by atoms with Crippen LogP contribution >= 0.6 is 0 Å². The molecule has 0 saturated heterocycles. The summed E-state index contributed by atoms with van der Waals surface area (Å²) in [5.74, 6) is 1.06. The van der Waals surface area contributed by atoms with Gasteiger partial charge in [0.05, 0.1) is 5.71 Å². The summed E-state index contributed by atoms with van der Waals surface area (Å²) in [5.41, 5.74) is -2.22. The first-order valence-corrected chi connectivity index (χ1v) is 12.2. The molecule has 0 bridgehead atoms. The molecule has 0 aromatic heterocycles. The zero-order valence-electron chi connectivity index (χ0n) is 19.9. The summed E-state index contributed by atoms with van der Waals surface area (Å²) in [6.07, 6.45) is 6.04. The lowest BCUT2D eigenvalue weighted by Gasteiger charge is -2.65. The molecular weight excluding hydrogens is 392 g/mol. The molecule has 6 nitrogen and oxygen atoms in total. The molecule has 0 aromatic carbocycles. The van der Waals surface area contributed by atoms with Crippen molar-refractivity contribution in [2.75, 3.05) is 20.2 Å². The van der Waals surface area contributed by atoms with Crippen molar-refractivity contribution < 1.29 is 19.5 Å². The van der Waals surface area contributed by atoms with E-state index in [1.807, 2.05) is 20.9 Å². The molecule has 0 aliphatic heterocycles. The standard InChI is InChI=1S/C25H40N2O4/c1-22(2)19(27-31-14-6-13-26-5)10-12-24(4)18-9-11-23(3)17(7-8-20(23)28)16(18)15-21(29)25(22,24)30/h16-18,26,30H,6-15H2,1-5H3/b27-19+/t16-,17-,18-,23-,24+,25+/m0/s1. The molecule has 4 aliphatic carbocycles. The molecule has 2 N–H and O–H groups in total. The van der Waals surface area contributed by atoms with Gasteiger partial charge in [-0.25, -0.2) is 0 Å². The molecule has 6 heteroatoms. The van der Waals surface area contributed by atoms with Gasteiger partial charge < -0.3 is 15.3 Å². The Balaban J connectivity index is 1.64. The SMILES string of the molecule is CNCCCO/N=C1\CC[C@]2(C)[C@H]3CC[C@]4(C)C(=O)CC[C@H]4[C@@H]3CC(=O)[C@@]2(O)C1(C)C. The predicted octanol–water partition coefficient (Wildman–Crippen LogP) is 3.51. The van der Waals surface area contributed by atoms with Crippen LogP contribution in [0, 0.1) is 34.0 Å². The molecule has 4 fully saturated rings. The van der Waals surface area contributed by atoms with Crippen molar-refractivity contribution in [3.05, 3.63) is 0 Å². The van der Waals surface area contributed by atoms with Gasteiger partial charge in [-0.3, -0.25) is 9.59 Å². The third-order valence-electron chi connectivity index (χ3n) is 9.96. The fourth-order valence-electron chi connectivity index (χ4n) is 8.01. The highest BCUT2D eigenvalue weighted by Crippen LogP contribution is 2.68. The number of oxime groups is 1. The maximum atomic E-state index is 13.7. The lowest BCUT2D eigenvalue weighted by Crippen LogP contribution is -2.73. The van der Waals surface area contributed by atoms with E-state index in [-0.39, 0.29) is 29.0 Å².